The van der Waals surface area contributed by atoms with E-state index >= 15 is 0 Å². The zero-order chi connectivity index (χ0) is 12.4. The van der Waals surface area contributed by atoms with Gasteiger partial charge in [0.1, 0.15) is 15.8 Å². The van der Waals surface area contributed by atoms with E-state index in [1.807, 2.05) is 11.8 Å². The van der Waals surface area contributed by atoms with Gasteiger partial charge in [-0.15, -0.1) is 11.3 Å². The van der Waals surface area contributed by atoms with Crippen molar-refractivity contribution in [3.05, 3.63) is 21.9 Å². The topological polar surface area (TPSA) is 25.8 Å². The second-order valence-corrected chi connectivity index (χ2v) is 7.11. The summed E-state index contributed by atoms with van der Waals surface area (Å²) in [6, 6.07) is 2.10. The van der Waals surface area contributed by atoms with Gasteiger partial charge in [0.05, 0.1) is 5.75 Å². The minimum atomic E-state index is 0.586. The van der Waals surface area contributed by atoms with E-state index in [1.165, 1.54) is 4.88 Å². The Kier molecular flexibility index (Phi) is 4.28. The Hall–Kier alpha value is -0.320. The number of thiophene rings is 1. The molecule has 2 nitrogen and oxygen atoms in total. The zero-order valence-electron chi connectivity index (χ0n) is 10.2. The van der Waals surface area contributed by atoms with Gasteiger partial charge in [-0.2, -0.15) is 11.8 Å². The van der Waals surface area contributed by atoms with Crippen molar-refractivity contribution in [3.8, 4) is 0 Å². The van der Waals surface area contributed by atoms with Crippen LogP contribution in [-0.2, 0) is 12.2 Å². The van der Waals surface area contributed by atoms with Gasteiger partial charge in [0.15, 0.2) is 0 Å². The summed E-state index contributed by atoms with van der Waals surface area (Å²) in [7, 11) is 0. The van der Waals surface area contributed by atoms with Crippen LogP contribution in [0.2, 0.25) is 5.15 Å². The Morgan fingerprint density at radius 2 is 2.18 bits per heavy atom. The van der Waals surface area contributed by atoms with E-state index in [1.54, 1.807) is 11.3 Å². The summed E-state index contributed by atoms with van der Waals surface area (Å²) in [5.41, 5.74) is 0. The molecule has 0 N–H and O–H groups in total. The highest BCUT2D eigenvalue weighted by atomic mass is 35.5. The van der Waals surface area contributed by atoms with Gasteiger partial charge in [-0.25, -0.2) is 9.97 Å². The quantitative estimate of drug-likeness (QED) is 0.771. The summed E-state index contributed by atoms with van der Waals surface area (Å²) in [5, 5.41) is 2.17. The number of rotatable bonds is 4. The van der Waals surface area contributed by atoms with E-state index in [0.29, 0.717) is 10.4 Å². The first-order valence-electron chi connectivity index (χ1n) is 5.66. The van der Waals surface area contributed by atoms with E-state index in [2.05, 4.69) is 36.8 Å². The van der Waals surface area contributed by atoms with Gasteiger partial charge in [0.2, 0.25) is 0 Å². The molecular weight excluding hydrogens is 272 g/mol. The number of aromatic nitrogens is 2. The van der Waals surface area contributed by atoms with E-state index in [0.717, 1.165) is 28.2 Å². The molecule has 17 heavy (non-hydrogen) atoms. The Bertz CT molecular complexity index is 522. The minimum Gasteiger partial charge on any atom is -0.221 e. The number of hydrogen-bond acceptors (Lipinski definition) is 4. The van der Waals surface area contributed by atoms with E-state index in [-0.39, 0.29) is 0 Å². The monoisotopic (exact) mass is 286 g/mol. The minimum absolute atomic E-state index is 0.586. The molecule has 0 saturated carbocycles. The highest BCUT2D eigenvalue weighted by Gasteiger charge is 2.10. The summed E-state index contributed by atoms with van der Waals surface area (Å²) in [4.78, 5) is 11.3. The number of aryl methyl sites for hydroxylation is 1. The van der Waals surface area contributed by atoms with E-state index in [4.69, 9.17) is 11.6 Å². The molecule has 92 valence electrons. The fraction of sp³-hybridized carbons (Fsp3) is 0.500. The van der Waals surface area contributed by atoms with Gasteiger partial charge in [0.25, 0.3) is 0 Å². The van der Waals surface area contributed by atoms with Crippen LogP contribution in [0.25, 0.3) is 10.2 Å². The third-order valence-corrected chi connectivity index (χ3v) is 4.89. The molecule has 0 aliphatic carbocycles. The molecule has 2 aromatic rings. The van der Waals surface area contributed by atoms with Crippen LogP contribution >= 0.6 is 34.7 Å². The molecule has 0 bridgehead atoms. The second-order valence-electron chi connectivity index (χ2n) is 4.08. The second kappa shape index (κ2) is 5.55. The highest BCUT2D eigenvalue weighted by molar-refractivity contribution is 7.99. The van der Waals surface area contributed by atoms with Gasteiger partial charge >= 0.3 is 0 Å². The molecule has 0 aromatic carbocycles. The molecule has 0 atom stereocenters. The number of fused-ring (bicyclic) bond motifs is 1. The van der Waals surface area contributed by atoms with Crippen LogP contribution < -0.4 is 0 Å². The van der Waals surface area contributed by atoms with Crippen LogP contribution in [0.1, 0.15) is 31.5 Å². The summed E-state index contributed by atoms with van der Waals surface area (Å²) in [6.45, 7) is 6.48. The third-order valence-electron chi connectivity index (χ3n) is 2.34. The third kappa shape index (κ3) is 3.12. The van der Waals surface area contributed by atoms with E-state index < -0.39 is 0 Å². The standard InChI is InChI=1S/C12H15ClN2S2/c1-4-8-5-9-11(13)14-10(6-16-7(2)3)15-12(9)17-8/h5,7H,4,6H2,1-3H3. The predicted molar refractivity (Wildman–Crippen MR) is 78.2 cm³/mol. The fourth-order valence-electron chi connectivity index (χ4n) is 1.46. The summed E-state index contributed by atoms with van der Waals surface area (Å²) in [5.74, 6) is 1.66. The average Bonchev–Trinajstić information content (AvgIpc) is 2.70. The smallest absolute Gasteiger partial charge is 0.141 e. The molecule has 0 spiro atoms. The Balaban J connectivity index is 2.33. The average molecular weight is 287 g/mol. The first-order chi connectivity index (χ1) is 8.10. The van der Waals surface area contributed by atoms with E-state index in [9.17, 15) is 0 Å². The van der Waals surface area contributed by atoms with Gasteiger partial charge < -0.3 is 0 Å². The predicted octanol–water partition coefficient (Wildman–Crippen LogP) is 4.55. The van der Waals surface area contributed by atoms with Crippen LogP contribution in [0.5, 0.6) is 0 Å². The lowest BCUT2D eigenvalue weighted by atomic mass is 10.3. The molecule has 0 saturated heterocycles. The first-order valence-corrected chi connectivity index (χ1v) is 7.91. The summed E-state index contributed by atoms with van der Waals surface area (Å²) < 4.78 is 0. The molecule has 5 heteroatoms. The van der Waals surface area contributed by atoms with Crippen LogP contribution in [0.4, 0.5) is 0 Å². The largest absolute Gasteiger partial charge is 0.221 e. The van der Waals surface area contributed by atoms with Crippen molar-refractivity contribution < 1.29 is 0 Å². The summed E-state index contributed by atoms with van der Waals surface area (Å²) >= 11 is 9.74. The maximum absolute atomic E-state index is 6.19. The lowest BCUT2D eigenvalue weighted by Gasteiger charge is -2.04. The maximum Gasteiger partial charge on any atom is 0.141 e. The molecule has 0 amide bonds. The van der Waals surface area contributed by atoms with Gasteiger partial charge in [-0.3, -0.25) is 0 Å². The van der Waals surface area contributed by atoms with Crippen molar-refractivity contribution >= 4 is 44.9 Å². The van der Waals surface area contributed by atoms with Gasteiger partial charge in [0, 0.05) is 10.3 Å². The van der Waals surface area contributed by atoms with Crippen molar-refractivity contribution in [2.75, 3.05) is 0 Å². The highest BCUT2D eigenvalue weighted by Crippen LogP contribution is 2.30. The zero-order valence-corrected chi connectivity index (χ0v) is 12.5. The first kappa shape index (κ1) is 13.1. The molecule has 0 fully saturated rings. The van der Waals surface area contributed by atoms with Crippen LogP contribution in [0, 0.1) is 0 Å². The SMILES string of the molecule is CCc1cc2c(Cl)nc(CSC(C)C)nc2s1. The van der Waals surface area contributed by atoms with Crippen molar-refractivity contribution in [1.29, 1.82) is 0 Å². The van der Waals surface area contributed by atoms with Crippen molar-refractivity contribution in [3.63, 3.8) is 0 Å². The van der Waals surface area contributed by atoms with Gasteiger partial charge in [-0.1, -0.05) is 32.4 Å². The number of halogens is 1. The lowest BCUT2D eigenvalue weighted by Crippen LogP contribution is -1.95. The lowest BCUT2D eigenvalue weighted by molar-refractivity contribution is 1.05. The number of nitrogens with zero attached hydrogens (tertiary/aromatic N) is 2. The molecule has 0 unspecified atom stereocenters. The van der Waals surface area contributed by atoms with Crippen LogP contribution in [0.3, 0.4) is 0 Å². The summed E-state index contributed by atoms with van der Waals surface area (Å²) in [6.07, 6.45) is 1.02. The van der Waals surface area contributed by atoms with Crippen molar-refractivity contribution in [1.82, 2.24) is 9.97 Å². The molecule has 0 aliphatic rings. The van der Waals surface area contributed by atoms with Crippen molar-refractivity contribution in [2.24, 2.45) is 0 Å². The fourth-order valence-corrected chi connectivity index (χ4v) is 3.35. The normalized spacial score (nSPS) is 11.6. The molecule has 0 aliphatic heterocycles. The molecule has 2 heterocycles. The molecular formula is C12H15ClN2S2. The Morgan fingerprint density at radius 1 is 1.41 bits per heavy atom. The number of thioether (sulfide) groups is 1. The van der Waals surface area contributed by atoms with Gasteiger partial charge in [-0.05, 0) is 17.7 Å². The molecule has 2 aromatic heterocycles. The number of hydrogen-bond donors (Lipinski definition) is 0. The Labute approximate surface area is 115 Å². The maximum atomic E-state index is 6.19. The van der Waals surface area contributed by atoms with Crippen LogP contribution in [-0.4, -0.2) is 15.2 Å². The van der Waals surface area contributed by atoms with Crippen molar-refractivity contribution in [2.45, 2.75) is 38.2 Å². The molecule has 2 rings (SSSR count). The van der Waals surface area contributed by atoms with Crippen LogP contribution in [0.15, 0.2) is 6.07 Å². The molecule has 0 radical (unpaired) electrons. The Morgan fingerprint density at radius 3 is 2.82 bits per heavy atom.